The Kier molecular flexibility index (Phi) is 5.11. The fourth-order valence-electron chi connectivity index (χ4n) is 2.76. The van der Waals surface area contributed by atoms with Crippen LogP contribution in [0.25, 0.3) is 0 Å². The fourth-order valence-corrected chi connectivity index (χ4v) is 3.11. The van der Waals surface area contributed by atoms with Gasteiger partial charge in [-0.3, -0.25) is 9.78 Å². The molecule has 0 aliphatic carbocycles. The van der Waals surface area contributed by atoms with Gasteiger partial charge >= 0.3 is 6.09 Å². The largest absolute Gasteiger partial charge is 0.453 e. The topological polar surface area (TPSA) is 71.5 Å². The highest BCUT2D eigenvalue weighted by Crippen LogP contribution is 2.30. The Morgan fingerprint density at radius 3 is 2.84 bits per heavy atom. The third-order valence-corrected chi connectivity index (χ3v) is 4.84. The fraction of sp³-hybridized carbons (Fsp3) is 0.235. The number of benzene rings is 1. The van der Waals surface area contributed by atoms with Crippen molar-refractivity contribution in [3.05, 3.63) is 57.3 Å². The van der Waals surface area contributed by atoms with Crippen LogP contribution in [0.4, 0.5) is 10.5 Å². The Labute approximate surface area is 154 Å². The number of aromatic nitrogens is 1. The molecular formula is C17H15Cl2N3O3. The van der Waals surface area contributed by atoms with E-state index in [-0.39, 0.29) is 10.9 Å². The van der Waals surface area contributed by atoms with E-state index in [1.807, 2.05) is 0 Å². The number of pyridine rings is 1. The number of amides is 2. The van der Waals surface area contributed by atoms with E-state index in [0.717, 1.165) is 11.1 Å². The first-order chi connectivity index (χ1) is 12.0. The zero-order chi connectivity index (χ0) is 18.0. The van der Waals surface area contributed by atoms with E-state index in [1.165, 1.54) is 13.3 Å². The third-order valence-electron chi connectivity index (χ3n) is 4.02. The maximum atomic E-state index is 12.7. The van der Waals surface area contributed by atoms with E-state index in [9.17, 15) is 9.59 Å². The zero-order valence-corrected chi connectivity index (χ0v) is 14.9. The smallest absolute Gasteiger partial charge is 0.409 e. The molecule has 0 bridgehead atoms. The number of hydrogen-bond acceptors (Lipinski definition) is 4. The lowest BCUT2D eigenvalue weighted by molar-refractivity contribution is 0.102. The first-order valence-corrected chi connectivity index (χ1v) is 8.31. The van der Waals surface area contributed by atoms with Gasteiger partial charge in [-0.2, -0.15) is 0 Å². The van der Waals surface area contributed by atoms with Crippen molar-refractivity contribution in [2.75, 3.05) is 19.0 Å². The van der Waals surface area contributed by atoms with E-state index in [0.29, 0.717) is 35.8 Å². The highest BCUT2D eigenvalue weighted by molar-refractivity contribution is 6.44. The average Bonchev–Trinajstić information content (AvgIpc) is 2.63. The number of nitrogens with zero attached hydrogens (tertiary/aromatic N) is 2. The molecule has 130 valence electrons. The summed E-state index contributed by atoms with van der Waals surface area (Å²) in [5.74, 6) is -0.319. The molecule has 3 rings (SSSR count). The first kappa shape index (κ1) is 17.5. The number of halogens is 2. The summed E-state index contributed by atoms with van der Waals surface area (Å²) in [6, 6.07) is 5.03. The monoisotopic (exact) mass is 379 g/mol. The summed E-state index contributed by atoms with van der Waals surface area (Å²) in [6.07, 6.45) is 3.32. The van der Waals surface area contributed by atoms with Gasteiger partial charge in [0.1, 0.15) is 0 Å². The third kappa shape index (κ3) is 3.55. The van der Waals surface area contributed by atoms with Crippen molar-refractivity contribution in [3.63, 3.8) is 0 Å². The van der Waals surface area contributed by atoms with Crippen LogP contribution < -0.4 is 5.32 Å². The molecule has 0 spiro atoms. The predicted molar refractivity (Wildman–Crippen MR) is 95.2 cm³/mol. The van der Waals surface area contributed by atoms with E-state index in [2.05, 4.69) is 10.3 Å². The van der Waals surface area contributed by atoms with Crippen LogP contribution in [0.3, 0.4) is 0 Å². The number of rotatable bonds is 2. The van der Waals surface area contributed by atoms with Crippen LogP contribution in [0.15, 0.2) is 30.6 Å². The minimum Gasteiger partial charge on any atom is -0.453 e. The second kappa shape index (κ2) is 7.29. The summed E-state index contributed by atoms with van der Waals surface area (Å²) in [4.78, 5) is 30.0. The van der Waals surface area contributed by atoms with Crippen molar-refractivity contribution in [1.29, 1.82) is 0 Å². The molecule has 1 N–H and O–H groups in total. The van der Waals surface area contributed by atoms with Crippen LogP contribution in [0.1, 0.15) is 21.5 Å². The highest BCUT2D eigenvalue weighted by Gasteiger charge is 2.25. The van der Waals surface area contributed by atoms with Gasteiger partial charge in [0.05, 0.1) is 35.0 Å². The lowest BCUT2D eigenvalue weighted by atomic mass is 9.97. The lowest BCUT2D eigenvalue weighted by Gasteiger charge is -2.28. The van der Waals surface area contributed by atoms with Crippen molar-refractivity contribution in [1.82, 2.24) is 9.88 Å². The number of anilines is 1. The van der Waals surface area contributed by atoms with Gasteiger partial charge in [-0.25, -0.2) is 4.79 Å². The number of carbonyl (C=O) groups excluding carboxylic acids is 2. The normalized spacial score (nSPS) is 13.2. The standard InChI is InChI=1S/C17H15Cl2N3O3/c1-25-17(24)22-6-5-11-10(9-22)7-20-8-12(11)16(23)21-14-4-2-3-13(18)15(14)19/h2-4,7-8H,5-6,9H2,1H3,(H,21,23). The maximum absolute atomic E-state index is 12.7. The average molecular weight is 380 g/mol. The van der Waals surface area contributed by atoms with Crippen LogP contribution in [-0.2, 0) is 17.7 Å². The SMILES string of the molecule is COC(=O)N1CCc2c(cncc2C(=O)Nc2cccc(Cl)c2Cl)C1. The van der Waals surface area contributed by atoms with Crippen molar-refractivity contribution in [2.45, 2.75) is 13.0 Å². The number of hydrogen-bond donors (Lipinski definition) is 1. The van der Waals surface area contributed by atoms with Gasteiger partial charge in [0.15, 0.2) is 0 Å². The van der Waals surface area contributed by atoms with Crippen LogP contribution in [-0.4, -0.2) is 35.5 Å². The van der Waals surface area contributed by atoms with Crippen LogP contribution in [0, 0.1) is 0 Å². The summed E-state index contributed by atoms with van der Waals surface area (Å²) in [5, 5.41) is 3.41. The van der Waals surface area contributed by atoms with Crippen molar-refractivity contribution < 1.29 is 14.3 Å². The van der Waals surface area contributed by atoms with Gasteiger partial charge in [0.25, 0.3) is 5.91 Å². The summed E-state index contributed by atoms with van der Waals surface area (Å²) in [6.45, 7) is 0.829. The maximum Gasteiger partial charge on any atom is 0.409 e. The molecule has 1 aliphatic heterocycles. The molecule has 0 atom stereocenters. The molecule has 0 saturated carbocycles. The molecule has 0 fully saturated rings. The van der Waals surface area contributed by atoms with Crippen LogP contribution >= 0.6 is 23.2 Å². The van der Waals surface area contributed by atoms with Gasteiger partial charge in [-0.15, -0.1) is 0 Å². The van der Waals surface area contributed by atoms with Crippen molar-refractivity contribution in [3.8, 4) is 0 Å². The molecule has 8 heteroatoms. The molecule has 0 saturated heterocycles. The van der Waals surface area contributed by atoms with Crippen molar-refractivity contribution >= 4 is 40.9 Å². The number of fused-ring (bicyclic) bond motifs is 1. The van der Waals surface area contributed by atoms with Gasteiger partial charge in [-0.05, 0) is 29.7 Å². The molecule has 1 aromatic heterocycles. The molecule has 1 aromatic carbocycles. The van der Waals surface area contributed by atoms with Crippen molar-refractivity contribution in [2.24, 2.45) is 0 Å². The number of carbonyl (C=O) groups is 2. The minimum absolute atomic E-state index is 0.284. The molecule has 2 heterocycles. The van der Waals surface area contributed by atoms with E-state index in [4.69, 9.17) is 27.9 Å². The second-order valence-corrected chi connectivity index (χ2v) is 6.31. The zero-order valence-electron chi connectivity index (χ0n) is 13.4. The van der Waals surface area contributed by atoms with E-state index in [1.54, 1.807) is 29.3 Å². The molecular weight excluding hydrogens is 365 g/mol. The molecule has 0 radical (unpaired) electrons. The predicted octanol–water partition coefficient (Wildman–Crippen LogP) is 3.77. The van der Waals surface area contributed by atoms with Gasteiger partial charge in [-0.1, -0.05) is 29.3 Å². The molecule has 2 amide bonds. The quantitative estimate of drug-likeness (QED) is 0.861. The Morgan fingerprint density at radius 2 is 2.08 bits per heavy atom. The molecule has 6 nitrogen and oxygen atoms in total. The van der Waals surface area contributed by atoms with E-state index >= 15 is 0 Å². The van der Waals surface area contributed by atoms with Crippen LogP contribution in [0.5, 0.6) is 0 Å². The number of methoxy groups -OCH3 is 1. The lowest BCUT2D eigenvalue weighted by Crippen LogP contribution is -2.36. The Morgan fingerprint density at radius 1 is 1.28 bits per heavy atom. The minimum atomic E-state index is -0.397. The van der Waals surface area contributed by atoms with Gasteiger partial charge < -0.3 is 15.0 Å². The van der Waals surface area contributed by atoms with E-state index < -0.39 is 6.09 Å². The highest BCUT2D eigenvalue weighted by atomic mass is 35.5. The number of nitrogens with one attached hydrogen (secondary N) is 1. The van der Waals surface area contributed by atoms with Gasteiger partial charge in [0.2, 0.25) is 0 Å². The summed E-state index contributed by atoms with van der Waals surface area (Å²) < 4.78 is 4.75. The molecule has 1 aliphatic rings. The number of ether oxygens (including phenoxy) is 1. The van der Waals surface area contributed by atoms with Gasteiger partial charge in [0, 0.05) is 18.9 Å². The summed E-state index contributed by atoms with van der Waals surface area (Å²) in [5.41, 5.74) is 2.58. The molecule has 0 unspecified atom stereocenters. The summed E-state index contributed by atoms with van der Waals surface area (Å²) in [7, 11) is 1.34. The first-order valence-electron chi connectivity index (χ1n) is 7.55. The Balaban J connectivity index is 1.85. The van der Waals surface area contributed by atoms with Crippen LogP contribution in [0.2, 0.25) is 10.0 Å². The summed E-state index contributed by atoms with van der Waals surface area (Å²) >= 11 is 12.1. The Bertz CT molecular complexity index is 842. The molecule has 2 aromatic rings. The Hall–Kier alpha value is -2.31. The molecule has 25 heavy (non-hydrogen) atoms. The second-order valence-electron chi connectivity index (χ2n) is 5.52.